The van der Waals surface area contributed by atoms with Crippen molar-refractivity contribution in [2.45, 2.75) is 6.54 Å². The minimum absolute atomic E-state index is 0. The van der Waals surface area contributed by atoms with Crippen LogP contribution in [0.5, 0.6) is 0 Å². The lowest BCUT2D eigenvalue weighted by atomic mass is 10.4. The standard InChI is InChI=1S/C5H8ClN3.ClH/c1-9-5(6)2-4(3-7)8-9;/h2H,3,7H2,1H3;1H. The van der Waals surface area contributed by atoms with Gasteiger partial charge in [0.2, 0.25) is 0 Å². The number of rotatable bonds is 1. The first-order valence-corrected chi connectivity index (χ1v) is 3.00. The van der Waals surface area contributed by atoms with Crippen molar-refractivity contribution < 1.29 is 0 Å². The van der Waals surface area contributed by atoms with Crippen molar-refractivity contribution in [2.75, 3.05) is 0 Å². The lowest BCUT2D eigenvalue weighted by molar-refractivity contribution is 0.743. The smallest absolute Gasteiger partial charge is 0.127 e. The molecule has 3 nitrogen and oxygen atoms in total. The van der Waals surface area contributed by atoms with Gasteiger partial charge >= 0.3 is 0 Å². The summed E-state index contributed by atoms with van der Waals surface area (Å²) in [6, 6.07) is 1.75. The maximum Gasteiger partial charge on any atom is 0.127 e. The molecule has 0 amide bonds. The molecule has 5 heteroatoms. The molecule has 0 aromatic carbocycles. The highest BCUT2D eigenvalue weighted by Gasteiger charge is 1.97. The Morgan fingerprint density at radius 1 is 1.80 bits per heavy atom. The summed E-state index contributed by atoms with van der Waals surface area (Å²) in [6.45, 7) is 0.445. The highest BCUT2D eigenvalue weighted by Crippen LogP contribution is 2.07. The molecule has 1 aromatic rings. The van der Waals surface area contributed by atoms with Crippen LogP contribution in [0, 0.1) is 0 Å². The number of aryl methyl sites for hydroxylation is 1. The fourth-order valence-corrected chi connectivity index (χ4v) is 0.764. The van der Waals surface area contributed by atoms with Gasteiger partial charge in [0.1, 0.15) is 5.15 Å². The first-order valence-electron chi connectivity index (χ1n) is 2.62. The molecule has 0 radical (unpaired) electrons. The Balaban J connectivity index is 0.000000810. The van der Waals surface area contributed by atoms with E-state index in [0.29, 0.717) is 11.7 Å². The molecule has 1 aromatic heterocycles. The summed E-state index contributed by atoms with van der Waals surface area (Å²) in [5.41, 5.74) is 6.12. The Morgan fingerprint density at radius 3 is 2.60 bits per heavy atom. The number of nitrogens with zero attached hydrogens (tertiary/aromatic N) is 2. The minimum Gasteiger partial charge on any atom is -0.325 e. The van der Waals surface area contributed by atoms with Crippen LogP contribution in [0.15, 0.2) is 6.07 Å². The fraction of sp³-hybridized carbons (Fsp3) is 0.400. The summed E-state index contributed by atoms with van der Waals surface area (Å²) >= 11 is 5.65. The molecule has 0 fully saturated rings. The highest BCUT2D eigenvalue weighted by molar-refractivity contribution is 6.29. The van der Waals surface area contributed by atoms with Crippen LogP contribution >= 0.6 is 24.0 Å². The Kier molecular flexibility index (Phi) is 3.71. The summed E-state index contributed by atoms with van der Waals surface area (Å²) in [7, 11) is 1.78. The average molecular weight is 182 g/mol. The third-order valence-corrected chi connectivity index (χ3v) is 1.44. The molecular weight excluding hydrogens is 173 g/mol. The normalized spacial score (nSPS) is 9.10. The van der Waals surface area contributed by atoms with Crippen molar-refractivity contribution in [3.05, 3.63) is 16.9 Å². The predicted octanol–water partition coefficient (Wildman–Crippen LogP) is 0.954. The number of hydrogen-bond acceptors (Lipinski definition) is 2. The third-order valence-electron chi connectivity index (χ3n) is 1.08. The Bertz CT molecular complexity index is 189. The maximum atomic E-state index is 5.65. The zero-order valence-corrected chi connectivity index (χ0v) is 7.11. The van der Waals surface area contributed by atoms with Crippen molar-refractivity contribution in [2.24, 2.45) is 12.8 Å². The molecule has 1 heterocycles. The van der Waals surface area contributed by atoms with Crippen LogP contribution in [0.3, 0.4) is 0 Å². The van der Waals surface area contributed by atoms with Crippen molar-refractivity contribution in [3.8, 4) is 0 Å². The van der Waals surface area contributed by atoms with E-state index in [1.54, 1.807) is 17.8 Å². The van der Waals surface area contributed by atoms with Gasteiger partial charge in [-0.1, -0.05) is 11.6 Å². The molecule has 0 saturated heterocycles. The van der Waals surface area contributed by atoms with Gasteiger partial charge in [0, 0.05) is 13.6 Å². The molecule has 0 aliphatic heterocycles. The molecule has 0 spiro atoms. The van der Waals surface area contributed by atoms with Gasteiger partial charge in [0.05, 0.1) is 5.69 Å². The molecule has 0 unspecified atom stereocenters. The van der Waals surface area contributed by atoms with E-state index in [4.69, 9.17) is 17.3 Å². The number of hydrogen-bond donors (Lipinski definition) is 1. The van der Waals surface area contributed by atoms with E-state index in [0.717, 1.165) is 5.69 Å². The Labute approximate surface area is 70.6 Å². The van der Waals surface area contributed by atoms with E-state index in [9.17, 15) is 0 Å². The van der Waals surface area contributed by atoms with Gasteiger partial charge < -0.3 is 5.73 Å². The Morgan fingerprint density at radius 2 is 2.40 bits per heavy atom. The van der Waals surface area contributed by atoms with Gasteiger partial charge in [-0.05, 0) is 6.07 Å². The fourth-order valence-electron chi connectivity index (χ4n) is 0.600. The molecule has 0 saturated carbocycles. The second-order valence-corrected chi connectivity index (χ2v) is 2.17. The second-order valence-electron chi connectivity index (χ2n) is 1.79. The predicted molar refractivity (Wildman–Crippen MR) is 43.4 cm³/mol. The second kappa shape index (κ2) is 3.81. The number of halogens is 2. The van der Waals surface area contributed by atoms with E-state index in [2.05, 4.69) is 5.10 Å². The lowest BCUT2D eigenvalue weighted by Crippen LogP contribution is -1.98. The highest BCUT2D eigenvalue weighted by atomic mass is 35.5. The van der Waals surface area contributed by atoms with Crippen LogP contribution in [-0.4, -0.2) is 9.78 Å². The van der Waals surface area contributed by atoms with Crippen LogP contribution < -0.4 is 5.73 Å². The summed E-state index contributed by atoms with van der Waals surface area (Å²) in [5.74, 6) is 0. The molecule has 2 N–H and O–H groups in total. The summed E-state index contributed by atoms with van der Waals surface area (Å²) in [4.78, 5) is 0. The van der Waals surface area contributed by atoms with E-state index < -0.39 is 0 Å². The molecule has 0 aliphatic carbocycles. The molecule has 10 heavy (non-hydrogen) atoms. The molecular formula is C5H9Cl2N3. The largest absolute Gasteiger partial charge is 0.325 e. The topological polar surface area (TPSA) is 43.8 Å². The van der Waals surface area contributed by atoms with Gasteiger partial charge in [-0.3, -0.25) is 4.68 Å². The van der Waals surface area contributed by atoms with E-state index in [1.165, 1.54) is 0 Å². The van der Waals surface area contributed by atoms with E-state index >= 15 is 0 Å². The van der Waals surface area contributed by atoms with E-state index in [-0.39, 0.29) is 12.4 Å². The summed E-state index contributed by atoms with van der Waals surface area (Å²) < 4.78 is 1.59. The van der Waals surface area contributed by atoms with Gasteiger partial charge in [-0.2, -0.15) is 5.10 Å². The molecule has 1 rings (SSSR count). The molecule has 0 aliphatic rings. The van der Waals surface area contributed by atoms with Crippen LogP contribution in [0.25, 0.3) is 0 Å². The van der Waals surface area contributed by atoms with Crippen molar-refractivity contribution in [1.82, 2.24) is 9.78 Å². The van der Waals surface area contributed by atoms with Crippen LogP contribution in [0.1, 0.15) is 5.69 Å². The molecule has 0 atom stereocenters. The lowest BCUT2D eigenvalue weighted by Gasteiger charge is -1.86. The monoisotopic (exact) mass is 181 g/mol. The quantitative estimate of drug-likeness (QED) is 0.702. The number of nitrogens with two attached hydrogens (primary N) is 1. The zero-order valence-electron chi connectivity index (χ0n) is 5.54. The first kappa shape index (κ1) is 9.75. The van der Waals surface area contributed by atoms with Crippen LogP contribution in [-0.2, 0) is 13.6 Å². The maximum absolute atomic E-state index is 5.65. The van der Waals surface area contributed by atoms with Gasteiger partial charge in [0.15, 0.2) is 0 Å². The van der Waals surface area contributed by atoms with Gasteiger partial charge in [-0.25, -0.2) is 0 Å². The minimum atomic E-state index is 0. The molecule has 58 valence electrons. The number of aromatic nitrogens is 2. The summed E-state index contributed by atoms with van der Waals surface area (Å²) in [6.07, 6.45) is 0. The van der Waals surface area contributed by atoms with Crippen molar-refractivity contribution in [3.63, 3.8) is 0 Å². The zero-order chi connectivity index (χ0) is 6.85. The van der Waals surface area contributed by atoms with Gasteiger partial charge in [0.25, 0.3) is 0 Å². The average Bonchev–Trinajstić information content (AvgIpc) is 2.13. The van der Waals surface area contributed by atoms with Crippen LogP contribution in [0.4, 0.5) is 0 Å². The summed E-state index contributed by atoms with van der Waals surface area (Å²) in [5, 5.41) is 4.61. The van der Waals surface area contributed by atoms with Crippen molar-refractivity contribution in [1.29, 1.82) is 0 Å². The van der Waals surface area contributed by atoms with E-state index in [1.807, 2.05) is 0 Å². The SMILES string of the molecule is Cl.Cn1nc(CN)cc1Cl. The van der Waals surface area contributed by atoms with Crippen LogP contribution in [0.2, 0.25) is 5.15 Å². The Hall–Kier alpha value is -0.250. The third kappa shape index (κ3) is 1.87. The van der Waals surface area contributed by atoms with Crippen molar-refractivity contribution >= 4 is 24.0 Å². The molecule has 0 bridgehead atoms. The van der Waals surface area contributed by atoms with Gasteiger partial charge in [-0.15, -0.1) is 12.4 Å². The first-order chi connectivity index (χ1) is 4.24.